The van der Waals surface area contributed by atoms with Crippen LogP contribution in [0, 0.1) is 0 Å². The van der Waals surface area contributed by atoms with Crippen LogP contribution in [-0.2, 0) is 11.2 Å². The number of methoxy groups -OCH3 is 2. The molecule has 2 heterocycles. The number of amides is 3. The summed E-state index contributed by atoms with van der Waals surface area (Å²) in [6.45, 7) is 0. The molecule has 0 radical (unpaired) electrons. The molecule has 2 N–H and O–H groups in total. The zero-order valence-corrected chi connectivity index (χ0v) is 19.3. The van der Waals surface area contributed by atoms with Gasteiger partial charge in [0, 0.05) is 7.05 Å². The monoisotopic (exact) mass is 464 g/mol. The van der Waals surface area contributed by atoms with Crippen molar-refractivity contribution in [2.24, 2.45) is 9.98 Å². The highest BCUT2D eigenvalue weighted by molar-refractivity contribution is 6.47. The fourth-order valence-electron chi connectivity index (χ4n) is 3.74. The third-order valence-electron chi connectivity index (χ3n) is 5.83. The zero-order chi connectivity index (χ0) is 24.4. The van der Waals surface area contributed by atoms with E-state index < -0.39 is 24.3 Å². The number of rotatable bonds is 7. The maximum absolute atomic E-state index is 12.3. The molecule has 3 amide bonds. The number of benzene rings is 2. The topological polar surface area (TPSA) is 116 Å². The number of hydrogen-bond acceptors (Lipinski definition) is 7. The van der Waals surface area contributed by atoms with Crippen LogP contribution in [0.1, 0.15) is 17.2 Å². The lowest BCUT2D eigenvalue weighted by molar-refractivity contribution is -0.529. The number of aliphatic hydroxyl groups is 1. The molecule has 10 nitrogen and oxygen atoms in total. The van der Waals surface area contributed by atoms with E-state index in [4.69, 9.17) is 9.47 Å². The molecule has 2 aliphatic rings. The van der Waals surface area contributed by atoms with Crippen molar-refractivity contribution in [1.29, 1.82) is 0 Å². The summed E-state index contributed by atoms with van der Waals surface area (Å²) in [5.41, 5.74) is 2.80. The van der Waals surface area contributed by atoms with E-state index >= 15 is 0 Å². The number of carbonyl (C=O) groups is 2. The molecular weight excluding hydrogens is 438 g/mol. The minimum Gasteiger partial charge on any atom is -0.497 e. The van der Waals surface area contributed by atoms with Crippen molar-refractivity contribution in [3.05, 3.63) is 59.7 Å². The number of hydrogen-bond donors (Lipinski definition) is 2. The average molecular weight is 465 g/mol. The molecule has 0 spiro atoms. The Bertz CT molecular complexity index is 1200. The SMILES string of the molecule is COc1ccc(CC2=[N+](C)C(N=C3NC(=O)N(C)C3=O)N=C2C(O)c2ccc(OC)cc2)cc1. The number of aliphatic hydroxyl groups excluding tert-OH is 1. The maximum atomic E-state index is 12.3. The Labute approximate surface area is 196 Å². The van der Waals surface area contributed by atoms with Crippen LogP contribution in [-0.4, -0.2) is 78.4 Å². The van der Waals surface area contributed by atoms with Gasteiger partial charge in [-0.25, -0.2) is 4.79 Å². The molecule has 2 aromatic carbocycles. The van der Waals surface area contributed by atoms with Crippen LogP contribution in [0.15, 0.2) is 58.5 Å². The van der Waals surface area contributed by atoms with Gasteiger partial charge in [0.15, 0.2) is 0 Å². The molecule has 2 unspecified atom stereocenters. The standard InChI is InChI=1S/C24H25N5O5/c1-28-18(13-14-5-9-16(33-3)10-6-14)19(20(30)15-7-11-17(34-4)12-8-15)25-23(28)26-21-22(31)29(2)24(32)27-21/h5-12,20,23,30H,13H2,1-4H3/p+1. The number of urea groups is 1. The summed E-state index contributed by atoms with van der Waals surface area (Å²) in [7, 11) is 6.35. The van der Waals surface area contributed by atoms with Crippen molar-refractivity contribution in [3.63, 3.8) is 0 Å². The van der Waals surface area contributed by atoms with Crippen LogP contribution >= 0.6 is 0 Å². The minimum absolute atomic E-state index is 0.0860. The second-order valence-corrected chi connectivity index (χ2v) is 7.89. The number of amidine groups is 1. The van der Waals surface area contributed by atoms with Gasteiger partial charge in [0.2, 0.25) is 11.5 Å². The number of nitrogens with zero attached hydrogens (tertiary/aromatic N) is 4. The maximum Gasteiger partial charge on any atom is 0.348 e. The van der Waals surface area contributed by atoms with Crippen LogP contribution in [0.4, 0.5) is 4.79 Å². The van der Waals surface area contributed by atoms with Gasteiger partial charge in [-0.15, -0.1) is 0 Å². The minimum atomic E-state index is -1.02. The average Bonchev–Trinajstić information content (AvgIpc) is 3.29. The van der Waals surface area contributed by atoms with Crippen molar-refractivity contribution in [2.75, 3.05) is 28.3 Å². The van der Waals surface area contributed by atoms with Crippen LogP contribution in [0.2, 0.25) is 0 Å². The summed E-state index contributed by atoms with van der Waals surface area (Å²) in [5.74, 6) is 0.795. The molecule has 4 rings (SSSR count). The molecule has 2 aromatic rings. The van der Waals surface area contributed by atoms with Crippen LogP contribution in [0.3, 0.4) is 0 Å². The van der Waals surface area contributed by atoms with Crippen molar-refractivity contribution in [3.8, 4) is 11.5 Å². The summed E-state index contributed by atoms with van der Waals surface area (Å²) in [4.78, 5) is 34.1. The van der Waals surface area contributed by atoms with Crippen LogP contribution in [0.25, 0.3) is 0 Å². The second kappa shape index (κ2) is 9.44. The highest BCUT2D eigenvalue weighted by Gasteiger charge is 2.40. The lowest BCUT2D eigenvalue weighted by Crippen LogP contribution is -2.30. The Kier molecular flexibility index (Phi) is 6.42. The van der Waals surface area contributed by atoms with Crippen molar-refractivity contribution < 1.29 is 28.7 Å². The highest BCUT2D eigenvalue weighted by atomic mass is 16.5. The van der Waals surface area contributed by atoms with E-state index in [1.165, 1.54) is 7.05 Å². The van der Waals surface area contributed by atoms with Gasteiger partial charge in [-0.05, 0) is 35.4 Å². The molecule has 0 bridgehead atoms. The fraction of sp³-hybridized carbons (Fsp3) is 0.292. The van der Waals surface area contributed by atoms with E-state index in [0.29, 0.717) is 23.4 Å². The Hall–Kier alpha value is -4.05. The predicted molar refractivity (Wildman–Crippen MR) is 126 cm³/mol. The van der Waals surface area contributed by atoms with Crippen LogP contribution < -0.4 is 14.8 Å². The predicted octanol–water partition coefficient (Wildman–Crippen LogP) is 1.38. The first-order valence-corrected chi connectivity index (χ1v) is 10.6. The number of ether oxygens (including phenoxy) is 2. The molecule has 1 saturated heterocycles. The Morgan fingerprint density at radius 1 is 1.09 bits per heavy atom. The molecule has 10 heteroatoms. The van der Waals surface area contributed by atoms with E-state index in [9.17, 15) is 14.7 Å². The third kappa shape index (κ3) is 4.40. The number of likely N-dealkylation sites (N-methyl/N-ethyl adjacent to an activating group) is 1. The molecule has 0 aromatic heterocycles. The molecule has 34 heavy (non-hydrogen) atoms. The molecule has 2 atom stereocenters. The van der Waals surface area contributed by atoms with Gasteiger partial charge >= 0.3 is 12.3 Å². The Balaban J connectivity index is 1.71. The molecule has 1 fully saturated rings. The zero-order valence-electron chi connectivity index (χ0n) is 19.3. The Morgan fingerprint density at radius 2 is 1.68 bits per heavy atom. The summed E-state index contributed by atoms with van der Waals surface area (Å²) in [5, 5.41) is 13.7. The number of aliphatic imine (C=N–C) groups is 2. The molecule has 176 valence electrons. The van der Waals surface area contributed by atoms with Gasteiger partial charge in [-0.1, -0.05) is 24.3 Å². The van der Waals surface area contributed by atoms with Crippen LogP contribution in [0.5, 0.6) is 11.5 Å². The normalized spacial score (nSPS) is 20.0. The van der Waals surface area contributed by atoms with Gasteiger partial charge in [0.1, 0.15) is 30.4 Å². The molecule has 2 aliphatic heterocycles. The fourth-order valence-corrected chi connectivity index (χ4v) is 3.74. The quantitative estimate of drug-likeness (QED) is 0.475. The first-order valence-electron chi connectivity index (χ1n) is 10.6. The van der Waals surface area contributed by atoms with Gasteiger partial charge in [-0.3, -0.25) is 15.0 Å². The number of imide groups is 1. The summed E-state index contributed by atoms with van der Waals surface area (Å²) < 4.78 is 12.2. The Morgan fingerprint density at radius 3 is 2.21 bits per heavy atom. The van der Waals surface area contributed by atoms with E-state index in [-0.39, 0.29) is 5.84 Å². The molecular formula is C24H26N5O5+. The first-order chi connectivity index (χ1) is 16.3. The summed E-state index contributed by atoms with van der Waals surface area (Å²) in [6.07, 6.45) is -1.38. The lowest BCUT2D eigenvalue weighted by Gasteiger charge is -2.12. The smallest absolute Gasteiger partial charge is 0.348 e. The lowest BCUT2D eigenvalue weighted by atomic mass is 9.97. The summed E-state index contributed by atoms with van der Waals surface area (Å²) >= 11 is 0. The number of carbonyl (C=O) groups excluding carboxylic acids is 2. The van der Waals surface area contributed by atoms with E-state index in [1.807, 2.05) is 24.3 Å². The van der Waals surface area contributed by atoms with Gasteiger partial charge in [-0.2, -0.15) is 14.6 Å². The van der Waals surface area contributed by atoms with Crippen molar-refractivity contribution in [1.82, 2.24) is 10.2 Å². The number of nitrogens with one attached hydrogen (secondary N) is 1. The van der Waals surface area contributed by atoms with Gasteiger partial charge < -0.3 is 14.6 Å². The van der Waals surface area contributed by atoms with Gasteiger partial charge in [0.05, 0.1) is 20.6 Å². The second-order valence-electron chi connectivity index (χ2n) is 7.89. The largest absolute Gasteiger partial charge is 0.497 e. The summed E-state index contributed by atoms with van der Waals surface area (Å²) in [6, 6.07) is 14.1. The molecule has 0 aliphatic carbocycles. The first kappa shape index (κ1) is 23.1. The third-order valence-corrected chi connectivity index (χ3v) is 5.83. The van der Waals surface area contributed by atoms with Crippen molar-refractivity contribution in [2.45, 2.75) is 18.8 Å². The van der Waals surface area contributed by atoms with Gasteiger partial charge in [0.25, 0.3) is 5.91 Å². The van der Waals surface area contributed by atoms with E-state index in [1.54, 1.807) is 50.1 Å². The molecule has 0 saturated carbocycles. The van der Waals surface area contributed by atoms with E-state index in [0.717, 1.165) is 21.9 Å². The highest BCUT2D eigenvalue weighted by Crippen LogP contribution is 2.24. The van der Waals surface area contributed by atoms with E-state index in [2.05, 4.69) is 15.3 Å². The van der Waals surface area contributed by atoms with Crippen molar-refractivity contribution >= 4 is 29.2 Å².